The molecule has 0 radical (unpaired) electrons. The lowest BCUT2D eigenvalue weighted by Crippen LogP contribution is -2.23. The van der Waals surface area contributed by atoms with Gasteiger partial charge in [0.1, 0.15) is 0 Å². The summed E-state index contributed by atoms with van der Waals surface area (Å²) in [6, 6.07) is 12.8. The first kappa shape index (κ1) is 15.7. The second-order valence-corrected chi connectivity index (χ2v) is 6.50. The minimum Gasteiger partial charge on any atom is -0.289 e. The highest BCUT2D eigenvalue weighted by Gasteiger charge is 2.31. The third-order valence-electron chi connectivity index (χ3n) is 4.66. The molecular weight excluding hydrogens is 284 g/mol. The summed E-state index contributed by atoms with van der Waals surface area (Å²) in [4.78, 5) is 25.6. The van der Waals surface area contributed by atoms with E-state index in [9.17, 15) is 9.59 Å². The molecule has 0 spiro atoms. The first-order chi connectivity index (χ1) is 11.1. The molecule has 0 bridgehead atoms. The highest BCUT2D eigenvalue weighted by molar-refractivity contribution is 6.28. The molecule has 1 unspecified atom stereocenters. The van der Waals surface area contributed by atoms with Crippen molar-refractivity contribution >= 4 is 11.6 Å². The Morgan fingerprint density at radius 1 is 0.870 bits per heavy atom. The molecule has 0 saturated heterocycles. The summed E-state index contributed by atoms with van der Waals surface area (Å²) in [5.74, 6) is 0.480. The molecule has 2 nitrogen and oxygen atoms in total. The Labute approximate surface area is 137 Å². The lowest BCUT2D eigenvalue weighted by molar-refractivity contribution is 0.0978. The summed E-state index contributed by atoms with van der Waals surface area (Å²) >= 11 is 0. The van der Waals surface area contributed by atoms with Gasteiger partial charge < -0.3 is 0 Å². The van der Waals surface area contributed by atoms with E-state index >= 15 is 0 Å². The first-order valence-electron chi connectivity index (χ1n) is 8.43. The number of unbranched alkanes of at least 4 members (excludes halogenated alkanes) is 1. The summed E-state index contributed by atoms with van der Waals surface area (Å²) in [5.41, 5.74) is 3.27. The SMILES string of the molecule is CCCCC(C)Cc1cccc2c1C(=O)c1ccccc1C2=O. The number of ketones is 2. The fourth-order valence-corrected chi connectivity index (χ4v) is 3.42. The van der Waals surface area contributed by atoms with Gasteiger partial charge in [-0.1, -0.05) is 75.6 Å². The van der Waals surface area contributed by atoms with E-state index < -0.39 is 0 Å². The molecule has 0 heterocycles. The third-order valence-corrected chi connectivity index (χ3v) is 4.66. The zero-order valence-electron chi connectivity index (χ0n) is 13.8. The largest absolute Gasteiger partial charge is 0.289 e. The molecular formula is C21H22O2. The van der Waals surface area contributed by atoms with Crippen LogP contribution in [-0.4, -0.2) is 11.6 Å². The van der Waals surface area contributed by atoms with Crippen LogP contribution in [-0.2, 0) is 6.42 Å². The number of carbonyl (C=O) groups is 2. The molecule has 3 rings (SSSR count). The molecule has 0 saturated carbocycles. The number of carbonyl (C=O) groups excluding carboxylic acids is 2. The third kappa shape index (κ3) is 2.86. The summed E-state index contributed by atoms with van der Waals surface area (Å²) in [5, 5.41) is 0. The van der Waals surface area contributed by atoms with Crippen LogP contribution in [0.1, 0.15) is 70.5 Å². The van der Waals surface area contributed by atoms with Crippen LogP contribution in [0.15, 0.2) is 42.5 Å². The normalized spacial score (nSPS) is 14.3. The fourth-order valence-electron chi connectivity index (χ4n) is 3.42. The molecule has 118 valence electrons. The number of hydrogen-bond donors (Lipinski definition) is 0. The topological polar surface area (TPSA) is 34.1 Å². The minimum atomic E-state index is -0.0294. The van der Waals surface area contributed by atoms with Crippen LogP contribution in [0.25, 0.3) is 0 Å². The summed E-state index contributed by atoms with van der Waals surface area (Å²) in [6.07, 6.45) is 4.39. The average Bonchev–Trinajstić information content (AvgIpc) is 2.57. The molecule has 0 N–H and O–H groups in total. The Balaban J connectivity index is 2.01. The summed E-state index contributed by atoms with van der Waals surface area (Å²) < 4.78 is 0. The predicted molar refractivity (Wildman–Crippen MR) is 92.1 cm³/mol. The molecule has 0 fully saturated rings. The Morgan fingerprint density at radius 3 is 2.22 bits per heavy atom. The Morgan fingerprint density at radius 2 is 1.52 bits per heavy atom. The van der Waals surface area contributed by atoms with Crippen molar-refractivity contribution in [2.45, 2.75) is 39.5 Å². The molecule has 1 atom stereocenters. The van der Waals surface area contributed by atoms with E-state index in [1.807, 2.05) is 24.3 Å². The van der Waals surface area contributed by atoms with E-state index in [1.165, 1.54) is 12.8 Å². The molecule has 2 heteroatoms. The van der Waals surface area contributed by atoms with Gasteiger partial charge in [-0.15, -0.1) is 0 Å². The Bertz CT molecular complexity index is 758. The quantitative estimate of drug-likeness (QED) is 0.676. The second kappa shape index (κ2) is 6.49. The van der Waals surface area contributed by atoms with E-state index in [0.29, 0.717) is 28.2 Å². The molecule has 0 aliphatic heterocycles. The number of hydrogen-bond acceptors (Lipinski definition) is 2. The standard InChI is InChI=1S/C21H22O2/c1-3-4-8-14(2)13-15-9-7-12-18-19(15)21(23)17-11-6-5-10-16(17)20(18)22/h5-7,9-12,14H,3-4,8,13H2,1-2H3. The van der Waals surface area contributed by atoms with E-state index in [-0.39, 0.29) is 11.6 Å². The van der Waals surface area contributed by atoms with Crippen LogP contribution in [0.2, 0.25) is 0 Å². The van der Waals surface area contributed by atoms with Gasteiger partial charge in [0, 0.05) is 22.3 Å². The maximum atomic E-state index is 12.9. The molecule has 1 aliphatic rings. The van der Waals surface area contributed by atoms with Crippen molar-refractivity contribution in [1.82, 2.24) is 0 Å². The molecule has 1 aliphatic carbocycles. The van der Waals surface area contributed by atoms with Gasteiger partial charge in [0.05, 0.1) is 0 Å². The number of benzene rings is 2. The summed E-state index contributed by atoms with van der Waals surface area (Å²) in [6.45, 7) is 4.41. The van der Waals surface area contributed by atoms with Crippen molar-refractivity contribution in [1.29, 1.82) is 0 Å². The van der Waals surface area contributed by atoms with Crippen molar-refractivity contribution in [3.8, 4) is 0 Å². The van der Waals surface area contributed by atoms with Crippen molar-refractivity contribution in [3.63, 3.8) is 0 Å². The Hall–Kier alpha value is -2.22. The molecule has 2 aromatic carbocycles. The van der Waals surface area contributed by atoms with Crippen molar-refractivity contribution < 1.29 is 9.59 Å². The zero-order chi connectivity index (χ0) is 16.4. The molecule has 0 amide bonds. The van der Waals surface area contributed by atoms with E-state index in [2.05, 4.69) is 13.8 Å². The summed E-state index contributed by atoms with van der Waals surface area (Å²) in [7, 11) is 0. The van der Waals surface area contributed by atoms with Crippen molar-refractivity contribution in [2.75, 3.05) is 0 Å². The lowest BCUT2D eigenvalue weighted by Gasteiger charge is -2.21. The van der Waals surface area contributed by atoms with Crippen LogP contribution in [0.3, 0.4) is 0 Å². The van der Waals surface area contributed by atoms with Gasteiger partial charge in [-0.25, -0.2) is 0 Å². The Kier molecular flexibility index (Phi) is 4.42. The predicted octanol–water partition coefficient (Wildman–Crippen LogP) is 4.83. The van der Waals surface area contributed by atoms with Crippen molar-refractivity contribution in [3.05, 3.63) is 70.3 Å². The van der Waals surface area contributed by atoms with Crippen LogP contribution >= 0.6 is 0 Å². The minimum absolute atomic E-state index is 0.00603. The van der Waals surface area contributed by atoms with Crippen molar-refractivity contribution in [2.24, 2.45) is 5.92 Å². The van der Waals surface area contributed by atoms with Gasteiger partial charge in [0.15, 0.2) is 11.6 Å². The van der Waals surface area contributed by atoms with Gasteiger partial charge in [-0.05, 0) is 17.9 Å². The highest BCUT2D eigenvalue weighted by atomic mass is 16.1. The smallest absolute Gasteiger partial charge is 0.194 e. The van der Waals surface area contributed by atoms with E-state index in [1.54, 1.807) is 18.2 Å². The van der Waals surface area contributed by atoms with E-state index in [4.69, 9.17) is 0 Å². The lowest BCUT2D eigenvalue weighted by atomic mass is 9.80. The van der Waals surface area contributed by atoms with Gasteiger partial charge >= 0.3 is 0 Å². The van der Waals surface area contributed by atoms with E-state index in [0.717, 1.165) is 18.4 Å². The van der Waals surface area contributed by atoms with Crippen LogP contribution in [0.5, 0.6) is 0 Å². The zero-order valence-corrected chi connectivity index (χ0v) is 13.8. The fraction of sp³-hybridized carbons (Fsp3) is 0.333. The molecule has 23 heavy (non-hydrogen) atoms. The maximum absolute atomic E-state index is 12.9. The second-order valence-electron chi connectivity index (χ2n) is 6.50. The van der Waals surface area contributed by atoms with Gasteiger partial charge in [-0.2, -0.15) is 0 Å². The van der Waals surface area contributed by atoms with Crippen LogP contribution in [0, 0.1) is 5.92 Å². The maximum Gasteiger partial charge on any atom is 0.194 e. The number of fused-ring (bicyclic) bond motifs is 2. The first-order valence-corrected chi connectivity index (χ1v) is 8.43. The van der Waals surface area contributed by atoms with Crippen LogP contribution < -0.4 is 0 Å². The van der Waals surface area contributed by atoms with Crippen LogP contribution in [0.4, 0.5) is 0 Å². The van der Waals surface area contributed by atoms with Gasteiger partial charge in [0.2, 0.25) is 0 Å². The van der Waals surface area contributed by atoms with Gasteiger partial charge in [-0.3, -0.25) is 9.59 Å². The number of rotatable bonds is 5. The molecule has 0 aromatic heterocycles. The average molecular weight is 306 g/mol. The highest BCUT2D eigenvalue weighted by Crippen LogP contribution is 2.31. The monoisotopic (exact) mass is 306 g/mol. The van der Waals surface area contributed by atoms with Gasteiger partial charge in [0.25, 0.3) is 0 Å². The molecule has 2 aromatic rings.